The lowest BCUT2D eigenvalue weighted by Gasteiger charge is -2.45. The highest BCUT2D eigenvalue weighted by Crippen LogP contribution is 2.44. The van der Waals surface area contributed by atoms with E-state index in [-0.39, 0.29) is 17.9 Å². The molecule has 0 spiro atoms. The molecule has 0 N–H and O–H groups in total. The third-order valence-corrected chi connectivity index (χ3v) is 5.74. The molecule has 136 valence electrons. The van der Waals surface area contributed by atoms with Crippen LogP contribution in [0.15, 0.2) is 46.9 Å². The van der Waals surface area contributed by atoms with Crippen LogP contribution >= 0.6 is 28.3 Å². The first-order chi connectivity index (χ1) is 11.6. The average Bonchev–Trinajstić information content (AvgIpc) is 2.60. The number of fused-ring (bicyclic) bond motifs is 1. The van der Waals surface area contributed by atoms with Crippen LogP contribution in [0, 0.1) is 0 Å². The van der Waals surface area contributed by atoms with Crippen molar-refractivity contribution in [2.24, 2.45) is 0 Å². The second-order valence-electron chi connectivity index (χ2n) is 6.76. The second-order valence-corrected chi connectivity index (χ2v) is 7.68. The van der Waals surface area contributed by atoms with Gasteiger partial charge in [-0.2, -0.15) is 0 Å². The van der Waals surface area contributed by atoms with Crippen LogP contribution in [0.5, 0.6) is 0 Å². The van der Waals surface area contributed by atoms with E-state index in [1.807, 2.05) is 0 Å². The van der Waals surface area contributed by atoms with Gasteiger partial charge >= 0.3 is 0 Å². The van der Waals surface area contributed by atoms with Crippen molar-refractivity contribution in [1.82, 2.24) is 4.90 Å². The number of benzene rings is 2. The minimum Gasteiger partial charge on any atom is -0.379 e. The van der Waals surface area contributed by atoms with Crippen molar-refractivity contribution in [2.45, 2.75) is 31.7 Å². The molecule has 2 nitrogen and oxygen atoms in total. The van der Waals surface area contributed by atoms with E-state index in [0.29, 0.717) is 0 Å². The summed E-state index contributed by atoms with van der Waals surface area (Å²) in [5.74, 6) is 0. The number of ether oxygens (including phenoxy) is 1. The summed E-state index contributed by atoms with van der Waals surface area (Å²) in [5, 5.41) is 0. The smallest absolute Gasteiger partial charge is 0.0700 e. The average molecular weight is 425 g/mol. The van der Waals surface area contributed by atoms with Crippen LogP contribution in [0.4, 0.5) is 0 Å². The molecule has 1 aliphatic carbocycles. The Labute approximate surface area is 166 Å². The standard InChI is InChI=1S/C21H26BrNO.ClH/c1-4-24-15-21(23(2)3)14-6-8-17-7-5-9-19(20(17)21)16-10-12-18(22)13-11-16;/h5,7,9-13H,4,6,8,14-15H2,1-3H3;1H. The highest BCUT2D eigenvalue weighted by molar-refractivity contribution is 9.10. The Kier molecular flexibility index (Phi) is 7.10. The van der Waals surface area contributed by atoms with E-state index in [1.165, 1.54) is 28.7 Å². The number of likely N-dealkylation sites (N-methyl/N-ethyl adjacent to an activating group) is 1. The molecule has 2 aromatic carbocycles. The lowest BCUT2D eigenvalue weighted by molar-refractivity contribution is 0.00687. The van der Waals surface area contributed by atoms with Gasteiger partial charge in [0, 0.05) is 11.1 Å². The summed E-state index contributed by atoms with van der Waals surface area (Å²) < 4.78 is 7.07. The number of aryl methyl sites for hydroxylation is 1. The number of hydrogen-bond acceptors (Lipinski definition) is 2. The molecule has 0 fully saturated rings. The third kappa shape index (κ3) is 3.95. The first-order valence-electron chi connectivity index (χ1n) is 8.72. The van der Waals surface area contributed by atoms with Crippen LogP contribution < -0.4 is 0 Å². The van der Waals surface area contributed by atoms with Gasteiger partial charge in [0.05, 0.1) is 12.1 Å². The van der Waals surface area contributed by atoms with Gasteiger partial charge in [0.25, 0.3) is 0 Å². The largest absolute Gasteiger partial charge is 0.379 e. The van der Waals surface area contributed by atoms with Gasteiger partial charge in [-0.25, -0.2) is 0 Å². The van der Waals surface area contributed by atoms with E-state index in [4.69, 9.17) is 4.74 Å². The number of nitrogens with zero attached hydrogens (tertiary/aromatic N) is 1. The lowest BCUT2D eigenvalue weighted by Crippen LogP contribution is -2.48. The SMILES string of the molecule is CCOCC1(N(C)C)CCCc2cccc(-c3ccc(Br)cc3)c21.Cl. The maximum absolute atomic E-state index is 5.96. The third-order valence-electron chi connectivity index (χ3n) is 5.21. The first kappa shape index (κ1) is 20.4. The van der Waals surface area contributed by atoms with Crippen LogP contribution in [-0.4, -0.2) is 32.2 Å². The van der Waals surface area contributed by atoms with Gasteiger partial charge in [0.1, 0.15) is 0 Å². The summed E-state index contributed by atoms with van der Waals surface area (Å²) in [4.78, 5) is 2.36. The van der Waals surface area contributed by atoms with Gasteiger partial charge in [-0.1, -0.05) is 46.3 Å². The molecule has 0 saturated heterocycles. The fourth-order valence-electron chi connectivity index (χ4n) is 3.92. The molecular weight excluding hydrogens is 398 g/mol. The Morgan fingerprint density at radius 1 is 1.12 bits per heavy atom. The first-order valence-corrected chi connectivity index (χ1v) is 9.51. The molecule has 3 rings (SSSR count). The Hall–Kier alpha value is -0.870. The zero-order valence-electron chi connectivity index (χ0n) is 15.2. The van der Waals surface area contributed by atoms with Crippen LogP contribution in [-0.2, 0) is 16.7 Å². The molecule has 0 aromatic heterocycles. The lowest BCUT2D eigenvalue weighted by atomic mass is 9.73. The molecule has 4 heteroatoms. The van der Waals surface area contributed by atoms with Crippen molar-refractivity contribution in [3.8, 4) is 11.1 Å². The van der Waals surface area contributed by atoms with E-state index in [9.17, 15) is 0 Å². The molecule has 0 aliphatic heterocycles. The normalized spacial score (nSPS) is 19.4. The Morgan fingerprint density at radius 3 is 2.48 bits per heavy atom. The molecule has 0 amide bonds. The van der Waals surface area contributed by atoms with Crippen LogP contribution in [0.3, 0.4) is 0 Å². The molecule has 1 unspecified atom stereocenters. The number of halogens is 2. The van der Waals surface area contributed by atoms with Gasteiger partial charge in [0.15, 0.2) is 0 Å². The van der Waals surface area contributed by atoms with E-state index in [1.54, 1.807) is 0 Å². The quantitative estimate of drug-likeness (QED) is 0.613. The summed E-state index contributed by atoms with van der Waals surface area (Å²) in [7, 11) is 4.37. The topological polar surface area (TPSA) is 12.5 Å². The summed E-state index contributed by atoms with van der Waals surface area (Å²) >= 11 is 3.54. The molecule has 0 saturated carbocycles. The molecule has 2 aromatic rings. The second kappa shape index (κ2) is 8.68. The maximum Gasteiger partial charge on any atom is 0.0700 e. The monoisotopic (exact) mass is 423 g/mol. The van der Waals surface area contributed by atoms with Crippen molar-refractivity contribution in [3.05, 3.63) is 58.1 Å². The molecule has 0 bridgehead atoms. The molecule has 1 atom stereocenters. The fraction of sp³-hybridized carbons (Fsp3) is 0.429. The van der Waals surface area contributed by atoms with Gasteiger partial charge in [0.2, 0.25) is 0 Å². The number of hydrogen-bond donors (Lipinski definition) is 0. The molecular formula is C21H27BrClNO. The van der Waals surface area contributed by atoms with Crippen LogP contribution in [0.2, 0.25) is 0 Å². The minimum absolute atomic E-state index is 0. The predicted molar refractivity (Wildman–Crippen MR) is 112 cm³/mol. The van der Waals surface area contributed by atoms with Crippen molar-refractivity contribution in [2.75, 3.05) is 27.3 Å². The van der Waals surface area contributed by atoms with Gasteiger partial charge in [-0.3, -0.25) is 4.90 Å². The molecule has 0 heterocycles. The van der Waals surface area contributed by atoms with E-state index in [0.717, 1.165) is 30.5 Å². The highest BCUT2D eigenvalue weighted by atomic mass is 79.9. The minimum atomic E-state index is -0.0484. The number of rotatable bonds is 5. The van der Waals surface area contributed by atoms with E-state index >= 15 is 0 Å². The summed E-state index contributed by atoms with van der Waals surface area (Å²) in [6, 6.07) is 15.4. The summed E-state index contributed by atoms with van der Waals surface area (Å²) in [6.45, 7) is 3.58. The molecule has 0 radical (unpaired) electrons. The van der Waals surface area contributed by atoms with Crippen molar-refractivity contribution in [3.63, 3.8) is 0 Å². The van der Waals surface area contributed by atoms with Crippen molar-refractivity contribution in [1.29, 1.82) is 0 Å². The van der Waals surface area contributed by atoms with Crippen LogP contribution in [0.1, 0.15) is 30.9 Å². The zero-order valence-corrected chi connectivity index (χ0v) is 17.6. The summed E-state index contributed by atoms with van der Waals surface area (Å²) in [6.07, 6.45) is 3.50. The van der Waals surface area contributed by atoms with E-state index < -0.39 is 0 Å². The highest BCUT2D eigenvalue weighted by Gasteiger charge is 2.40. The van der Waals surface area contributed by atoms with Gasteiger partial charge in [-0.15, -0.1) is 12.4 Å². The van der Waals surface area contributed by atoms with Crippen LogP contribution in [0.25, 0.3) is 11.1 Å². The predicted octanol–water partition coefficient (Wildman–Crippen LogP) is 5.67. The fourth-order valence-corrected chi connectivity index (χ4v) is 4.18. The van der Waals surface area contributed by atoms with Crippen molar-refractivity contribution >= 4 is 28.3 Å². The van der Waals surface area contributed by atoms with E-state index in [2.05, 4.69) is 84.3 Å². The zero-order chi connectivity index (χ0) is 17.2. The Balaban J connectivity index is 0.00000225. The Morgan fingerprint density at radius 2 is 1.84 bits per heavy atom. The molecule has 25 heavy (non-hydrogen) atoms. The van der Waals surface area contributed by atoms with Crippen molar-refractivity contribution < 1.29 is 4.74 Å². The maximum atomic E-state index is 5.96. The summed E-state index contributed by atoms with van der Waals surface area (Å²) in [5.41, 5.74) is 5.49. The van der Waals surface area contributed by atoms with Gasteiger partial charge in [-0.05, 0) is 74.7 Å². The van der Waals surface area contributed by atoms with Gasteiger partial charge < -0.3 is 4.74 Å². The molecule has 1 aliphatic rings. The Bertz CT molecular complexity index is 702.